The highest BCUT2D eigenvalue weighted by molar-refractivity contribution is 7.25. The maximum absolute atomic E-state index is 10.3. The Morgan fingerprint density at radius 1 is 0.343 bits per heavy atom. The molecule has 0 radical (unpaired) electrons. The van der Waals surface area contributed by atoms with Gasteiger partial charge in [0.05, 0.1) is 63.3 Å². The van der Waals surface area contributed by atoms with Crippen molar-refractivity contribution in [1.29, 1.82) is 21.0 Å². The molecule has 0 aliphatic carbocycles. The van der Waals surface area contributed by atoms with Crippen LogP contribution >= 0.6 is 11.3 Å². The standard InChI is InChI=1S/C61H32N8S/c62-33-37-15-21-47(45(27-37)35-64)43-18-24-54-50(31-43)51-32-44(48-22-16-38(34-63)28-46(48)36-65)19-25-55(51)69(54)56-23-17-41(42-20-26-58-52(29-42)49-13-7-8-14-57(49)70-58)30-53(56)61-67-59(39-9-3-1-4-10-39)66-60(68-61)40-11-5-2-6-12-40/h1-32H. The first-order chi connectivity index (χ1) is 34.5. The van der Waals surface area contributed by atoms with E-state index < -0.39 is 0 Å². The number of nitriles is 4. The van der Waals surface area contributed by atoms with Crippen LogP contribution in [0.4, 0.5) is 0 Å². The molecule has 0 saturated heterocycles. The summed E-state index contributed by atoms with van der Waals surface area (Å²) in [6, 6.07) is 73.1. The van der Waals surface area contributed by atoms with E-state index in [4.69, 9.17) is 15.0 Å². The molecular formula is C61H32N8S. The first-order valence-electron chi connectivity index (χ1n) is 22.4. The van der Waals surface area contributed by atoms with Gasteiger partial charge in [0.2, 0.25) is 0 Å². The molecule has 0 amide bonds. The molecular weight excluding hydrogens is 877 g/mol. The molecule has 12 aromatic rings. The molecule has 0 bridgehead atoms. The zero-order chi connectivity index (χ0) is 47.3. The van der Waals surface area contributed by atoms with Crippen molar-refractivity contribution in [2.45, 2.75) is 0 Å². The lowest BCUT2D eigenvalue weighted by Crippen LogP contribution is -2.04. The molecule has 0 saturated carbocycles. The van der Waals surface area contributed by atoms with Crippen molar-refractivity contribution >= 4 is 53.3 Å². The lowest BCUT2D eigenvalue weighted by molar-refractivity contribution is 1.06. The summed E-state index contributed by atoms with van der Waals surface area (Å²) < 4.78 is 4.69. The Balaban J connectivity index is 1.15. The molecule has 9 heteroatoms. The van der Waals surface area contributed by atoms with Crippen LogP contribution in [0, 0.1) is 45.3 Å². The van der Waals surface area contributed by atoms with Crippen LogP contribution in [0.25, 0.3) is 115 Å². The third-order valence-corrected chi connectivity index (χ3v) is 14.0. The average Bonchev–Trinajstić information content (AvgIpc) is 3.97. The average molecular weight is 909 g/mol. The molecule has 9 aromatic carbocycles. The maximum Gasteiger partial charge on any atom is 0.166 e. The number of aromatic nitrogens is 4. The van der Waals surface area contributed by atoms with E-state index in [9.17, 15) is 21.0 Å². The fourth-order valence-electron chi connectivity index (χ4n) is 9.46. The fraction of sp³-hybridized carbons (Fsp3) is 0. The SMILES string of the molecule is N#Cc1ccc(-c2ccc3c(c2)c2cc(-c4ccc(C#N)cc4C#N)ccc2n3-c2ccc(-c3ccc4sc5ccccc5c4c3)cc2-c2nc(-c3ccccc3)nc(-c3ccccc3)n2)c(C#N)c1. The van der Waals surface area contributed by atoms with E-state index in [1.807, 2.05) is 84.9 Å². The number of hydrogen-bond donors (Lipinski definition) is 0. The Kier molecular flexibility index (Phi) is 10.1. The first kappa shape index (κ1) is 41.4. The zero-order valence-corrected chi connectivity index (χ0v) is 37.8. The van der Waals surface area contributed by atoms with Crippen molar-refractivity contribution in [1.82, 2.24) is 19.5 Å². The van der Waals surface area contributed by atoms with Gasteiger partial charge in [0.25, 0.3) is 0 Å². The summed E-state index contributed by atoms with van der Waals surface area (Å²) in [7, 11) is 0. The van der Waals surface area contributed by atoms with Gasteiger partial charge in [0, 0.05) is 47.6 Å². The topological polar surface area (TPSA) is 139 Å². The summed E-state index contributed by atoms with van der Waals surface area (Å²) in [5, 5.41) is 44.1. The molecule has 3 heterocycles. The van der Waals surface area contributed by atoms with Crippen LogP contribution in [0.1, 0.15) is 22.3 Å². The van der Waals surface area contributed by atoms with E-state index in [1.54, 1.807) is 35.6 Å². The summed E-state index contributed by atoms with van der Waals surface area (Å²) in [4.78, 5) is 15.6. The van der Waals surface area contributed by atoms with Crippen LogP contribution < -0.4 is 0 Å². The van der Waals surface area contributed by atoms with Crippen molar-refractivity contribution in [3.05, 3.63) is 216 Å². The second-order valence-corrected chi connectivity index (χ2v) is 17.9. The van der Waals surface area contributed by atoms with E-state index in [-0.39, 0.29) is 0 Å². The Hall–Kier alpha value is -10.0. The third-order valence-electron chi connectivity index (χ3n) is 12.8. The van der Waals surface area contributed by atoms with Crippen LogP contribution in [0.3, 0.4) is 0 Å². The molecule has 0 aliphatic heterocycles. The van der Waals surface area contributed by atoms with Crippen LogP contribution in [-0.2, 0) is 0 Å². The largest absolute Gasteiger partial charge is 0.308 e. The predicted octanol–water partition coefficient (Wildman–Crippen LogP) is 14.8. The third kappa shape index (κ3) is 7.08. The van der Waals surface area contributed by atoms with Gasteiger partial charge in [0.1, 0.15) is 0 Å². The quantitative estimate of drug-likeness (QED) is 0.155. The second kappa shape index (κ2) is 17.0. The number of benzene rings is 9. The molecule has 0 unspecified atom stereocenters. The van der Waals surface area contributed by atoms with E-state index in [2.05, 4.69) is 114 Å². The molecule has 0 N–H and O–H groups in total. The predicted molar refractivity (Wildman–Crippen MR) is 279 cm³/mol. The number of nitrogens with zero attached hydrogens (tertiary/aromatic N) is 8. The van der Waals surface area contributed by atoms with Crippen LogP contribution in [0.15, 0.2) is 194 Å². The van der Waals surface area contributed by atoms with Gasteiger partial charge in [-0.2, -0.15) is 21.0 Å². The lowest BCUT2D eigenvalue weighted by Gasteiger charge is -2.17. The van der Waals surface area contributed by atoms with Crippen molar-refractivity contribution in [3.8, 4) is 97.5 Å². The minimum Gasteiger partial charge on any atom is -0.308 e. The Morgan fingerprint density at radius 2 is 0.829 bits per heavy atom. The van der Waals surface area contributed by atoms with Gasteiger partial charge in [-0.05, 0) is 112 Å². The smallest absolute Gasteiger partial charge is 0.166 e. The molecule has 8 nitrogen and oxygen atoms in total. The molecule has 322 valence electrons. The monoisotopic (exact) mass is 908 g/mol. The van der Waals surface area contributed by atoms with E-state index in [0.717, 1.165) is 66.4 Å². The molecule has 0 aliphatic rings. The molecule has 0 atom stereocenters. The molecule has 3 aromatic heterocycles. The minimum atomic E-state index is 0.392. The summed E-state index contributed by atoms with van der Waals surface area (Å²) in [5.74, 6) is 1.56. The Morgan fingerprint density at radius 3 is 1.40 bits per heavy atom. The normalized spacial score (nSPS) is 11.1. The van der Waals surface area contributed by atoms with E-state index >= 15 is 0 Å². The molecule has 70 heavy (non-hydrogen) atoms. The summed E-state index contributed by atoms with van der Waals surface area (Å²) in [6.07, 6.45) is 0. The van der Waals surface area contributed by atoms with Crippen LogP contribution in [0.2, 0.25) is 0 Å². The fourth-order valence-corrected chi connectivity index (χ4v) is 10.5. The van der Waals surface area contributed by atoms with Gasteiger partial charge in [0.15, 0.2) is 17.5 Å². The van der Waals surface area contributed by atoms with Crippen molar-refractivity contribution in [2.24, 2.45) is 0 Å². The van der Waals surface area contributed by atoms with Gasteiger partial charge in [-0.15, -0.1) is 11.3 Å². The van der Waals surface area contributed by atoms with Gasteiger partial charge < -0.3 is 4.57 Å². The van der Waals surface area contributed by atoms with Gasteiger partial charge >= 0.3 is 0 Å². The van der Waals surface area contributed by atoms with Gasteiger partial charge in [-0.1, -0.05) is 115 Å². The summed E-state index contributed by atoms with van der Waals surface area (Å²) >= 11 is 1.79. The highest BCUT2D eigenvalue weighted by atomic mass is 32.1. The number of rotatable bonds is 7. The Bertz CT molecular complexity index is 4100. The first-order valence-corrected chi connectivity index (χ1v) is 23.2. The second-order valence-electron chi connectivity index (χ2n) is 16.8. The molecule has 0 spiro atoms. The van der Waals surface area contributed by atoms with Crippen LogP contribution in [-0.4, -0.2) is 19.5 Å². The molecule has 0 fully saturated rings. The van der Waals surface area contributed by atoms with E-state index in [0.29, 0.717) is 50.9 Å². The summed E-state index contributed by atoms with van der Waals surface area (Å²) in [5.41, 5.74) is 11.7. The Labute approximate surface area is 405 Å². The van der Waals surface area contributed by atoms with Crippen molar-refractivity contribution < 1.29 is 0 Å². The van der Waals surface area contributed by atoms with Crippen molar-refractivity contribution in [3.63, 3.8) is 0 Å². The van der Waals surface area contributed by atoms with Crippen LogP contribution in [0.5, 0.6) is 0 Å². The molecule has 12 rings (SSSR count). The highest BCUT2D eigenvalue weighted by Gasteiger charge is 2.22. The number of thiophene rings is 1. The maximum atomic E-state index is 10.3. The number of fused-ring (bicyclic) bond motifs is 6. The van der Waals surface area contributed by atoms with Gasteiger partial charge in [-0.3, -0.25) is 0 Å². The lowest BCUT2D eigenvalue weighted by atomic mass is 9.95. The zero-order valence-electron chi connectivity index (χ0n) is 37.0. The minimum absolute atomic E-state index is 0.392. The van der Waals surface area contributed by atoms with E-state index in [1.165, 1.54) is 20.2 Å². The van der Waals surface area contributed by atoms with Gasteiger partial charge in [-0.25, -0.2) is 15.0 Å². The number of hydrogen-bond acceptors (Lipinski definition) is 8. The highest BCUT2D eigenvalue weighted by Crippen LogP contribution is 2.43. The van der Waals surface area contributed by atoms with Crippen molar-refractivity contribution in [2.75, 3.05) is 0 Å². The summed E-state index contributed by atoms with van der Waals surface area (Å²) in [6.45, 7) is 0.